The predicted octanol–water partition coefficient (Wildman–Crippen LogP) is -2.57. The predicted molar refractivity (Wildman–Crippen MR) is 67.1 cm³/mol. The average molecular weight is 332 g/mol. The van der Waals surface area contributed by atoms with Crippen LogP contribution in [0.25, 0.3) is 0 Å². The van der Waals surface area contributed by atoms with E-state index >= 15 is 0 Å². The summed E-state index contributed by atoms with van der Waals surface area (Å²) < 4.78 is 52.4. The third kappa shape index (κ3) is 8.04. The van der Waals surface area contributed by atoms with Crippen LogP contribution in [0.15, 0.2) is 0 Å². The Morgan fingerprint density at radius 1 is 0.750 bits per heavy atom. The van der Waals surface area contributed by atoms with Crippen molar-refractivity contribution in [2.75, 3.05) is 24.6 Å². The maximum absolute atomic E-state index is 11.2. The summed E-state index contributed by atoms with van der Waals surface area (Å²) in [4.78, 5) is 22.2. The zero-order chi connectivity index (χ0) is 15.8. The first-order valence-electron chi connectivity index (χ1n) is 5.46. The first-order valence-corrected chi connectivity index (χ1v) is 8.62. The quantitative estimate of drug-likeness (QED) is 0.355. The Balaban J connectivity index is 4.54. The summed E-state index contributed by atoms with van der Waals surface area (Å²) in [6.45, 7) is 0.0728. The van der Waals surface area contributed by atoms with Gasteiger partial charge in [-0.25, -0.2) is 9.59 Å². The van der Waals surface area contributed by atoms with Crippen LogP contribution in [0, 0.1) is 0 Å². The molecule has 0 rings (SSSR count). The van der Waals surface area contributed by atoms with Gasteiger partial charge in [0.25, 0.3) is 0 Å². The van der Waals surface area contributed by atoms with Gasteiger partial charge in [-0.2, -0.15) is 16.8 Å². The summed E-state index contributed by atoms with van der Waals surface area (Å²) in [6.07, 6.45) is 0.0267. The van der Waals surface area contributed by atoms with Gasteiger partial charge in [0, 0.05) is 0 Å². The Kier molecular flexibility index (Phi) is 7.63. The van der Waals surface area contributed by atoms with Gasteiger partial charge >= 0.3 is 32.2 Å². The van der Waals surface area contributed by atoms with Crippen molar-refractivity contribution in [1.82, 2.24) is 0 Å². The Bertz CT molecular complexity index is 489. The van der Waals surface area contributed by atoms with E-state index < -0.39 is 43.7 Å². The van der Waals surface area contributed by atoms with Gasteiger partial charge in [-0.15, -0.1) is 0 Å². The lowest BCUT2D eigenvalue weighted by molar-refractivity contribution is -0.155. The van der Waals surface area contributed by atoms with Crippen LogP contribution < -0.4 is 11.5 Å². The van der Waals surface area contributed by atoms with Crippen LogP contribution in [0.1, 0.15) is 12.8 Å². The number of carbonyl (C=O) groups is 2. The molecule has 0 aliphatic carbocycles. The minimum Gasteiger partial charge on any atom is -0.336 e. The van der Waals surface area contributed by atoms with Gasteiger partial charge in [0.1, 0.15) is 0 Å². The summed E-state index contributed by atoms with van der Waals surface area (Å²) in [5.41, 5.74) is 10.1. The van der Waals surface area contributed by atoms with Crippen molar-refractivity contribution in [2.45, 2.75) is 12.8 Å². The van der Waals surface area contributed by atoms with E-state index in [1.165, 1.54) is 0 Å². The first kappa shape index (κ1) is 18.8. The zero-order valence-electron chi connectivity index (χ0n) is 10.5. The summed E-state index contributed by atoms with van der Waals surface area (Å²) in [7, 11) is -8.61. The molecule has 0 bridgehead atoms. The third-order valence-corrected chi connectivity index (χ3v) is 4.16. The van der Waals surface area contributed by atoms with Gasteiger partial charge in [0.2, 0.25) is 0 Å². The number of rotatable bonds is 8. The summed E-state index contributed by atoms with van der Waals surface area (Å²) in [5.74, 6) is -5.03. The van der Waals surface area contributed by atoms with Crippen molar-refractivity contribution in [3.05, 3.63) is 0 Å². The van der Waals surface area contributed by atoms with E-state index in [1.54, 1.807) is 0 Å². The van der Waals surface area contributed by atoms with Crippen LogP contribution in [0.2, 0.25) is 0 Å². The fraction of sp³-hybridized carbons (Fsp3) is 0.750. The molecule has 0 radical (unpaired) electrons. The Hall–Kier alpha value is -1.24. The molecule has 0 aromatic rings. The second-order valence-corrected chi connectivity index (χ2v) is 6.93. The highest BCUT2D eigenvalue weighted by molar-refractivity contribution is 7.87. The van der Waals surface area contributed by atoms with Gasteiger partial charge in [-0.05, 0) is 25.9 Å². The minimum atomic E-state index is -4.31. The molecule has 0 aliphatic heterocycles. The number of carbonyl (C=O) groups excluding carboxylic acids is 2. The maximum Gasteiger partial charge on any atom is 0.434 e. The average Bonchev–Trinajstić information content (AvgIpc) is 2.33. The number of hydrogen-bond acceptors (Lipinski definition) is 10. The molecule has 0 saturated heterocycles. The molecular weight excluding hydrogens is 316 g/mol. The van der Waals surface area contributed by atoms with Crippen molar-refractivity contribution in [3.8, 4) is 0 Å². The van der Waals surface area contributed by atoms with Crippen LogP contribution in [0.4, 0.5) is 0 Å². The summed E-state index contributed by atoms with van der Waals surface area (Å²) >= 11 is 0. The van der Waals surface area contributed by atoms with E-state index in [0.29, 0.717) is 0 Å². The molecule has 0 saturated carbocycles. The van der Waals surface area contributed by atoms with Crippen molar-refractivity contribution < 1.29 is 34.8 Å². The van der Waals surface area contributed by atoms with Gasteiger partial charge in [0.15, 0.2) is 0 Å². The zero-order valence-corrected chi connectivity index (χ0v) is 12.1. The van der Waals surface area contributed by atoms with Gasteiger partial charge in [0.05, 0.1) is 11.5 Å². The van der Waals surface area contributed by atoms with Crippen molar-refractivity contribution in [1.29, 1.82) is 0 Å². The molecule has 0 atom stereocenters. The summed E-state index contributed by atoms with van der Waals surface area (Å²) in [6, 6.07) is 0. The third-order valence-electron chi connectivity index (χ3n) is 1.77. The smallest absolute Gasteiger partial charge is 0.336 e. The topological polar surface area (TPSA) is 173 Å². The Labute approximate surface area is 116 Å². The fourth-order valence-electron chi connectivity index (χ4n) is 0.902. The van der Waals surface area contributed by atoms with Gasteiger partial charge < -0.3 is 19.8 Å². The van der Waals surface area contributed by atoms with E-state index in [2.05, 4.69) is 8.37 Å². The van der Waals surface area contributed by atoms with E-state index in [4.69, 9.17) is 11.5 Å². The molecule has 12 heteroatoms. The largest absolute Gasteiger partial charge is 0.434 e. The molecule has 20 heavy (non-hydrogen) atoms. The molecule has 0 unspecified atom stereocenters. The highest BCUT2D eigenvalue weighted by atomic mass is 32.2. The van der Waals surface area contributed by atoms with Crippen molar-refractivity contribution >= 4 is 32.2 Å². The van der Waals surface area contributed by atoms with Crippen LogP contribution >= 0.6 is 0 Å². The normalized spacial score (nSPS) is 11.9. The molecule has 0 aromatic carbocycles. The van der Waals surface area contributed by atoms with Crippen LogP contribution in [-0.4, -0.2) is 53.4 Å². The summed E-state index contributed by atoms with van der Waals surface area (Å²) in [5, 5.41) is 0. The molecule has 0 aromatic heterocycles. The van der Waals surface area contributed by atoms with Crippen LogP contribution in [-0.2, 0) is 38.2 Å². The van der Waals surface area contributed by atoms with E-state index in [-0.39, 0.29) is 25.9 Å². The SMILES string of the molecule is NCCCS(=O)(=O)OC(=O)C(=O)OS(=O)(=O)CCCN. The second-order valence-electron chi connectivity index (χ2n) is 3.55. The molecule has 10 nitrogen and oxygen atoms in total. The fourth-order valence-corrected chi connectivity index (χ4v) is 2.71. The van der Waals surface area contributed by atoms with Crippen molar-refractivity contribution in [3.63, 3.8) is 0 Å². The van der Waals surface area contributed by atoms with E-state index in [9.17, 15) is 26.4 Å². The molecule has 0 amide bonds. The lowest BCUT2D eigenvalue weighted by Crippen LogP contribution is -2.28. The van der Waals surface area contributed by atoms with Gasteiger partial charge in [-0.1, -0.05) is 0 Å². The maximum atomic E-state index is 11.2. The molecule has 0 spiro atoms. The Morgan fingerprint density at radius 3 is 1.30 bits per heavy atom. The standard InChI is InChI=1S/C8H16N2O8S2/c9-3-1-5-19(13,14)17-7(11)8(12)18-20(15,16)6-2-4-10/h1-6,9-10H2. The molecule has 0 heterocycles. The van der Waals surface area contributed by atoms with Crippen molar-refractivity contribution in [2.24, 2.45) is 11.5 Å². The van der Waals surface area contributed by atoms with Crippen LogP contribution in [0.3, 0.4) is 0 Å². The van der Waals surface area contributed by atoms with E-state index in [1.807, 2.05) is 0 Å². The van der Waals surface area contributed by atoms with E-state index in [0.717, 1.165) is 0 Å². The first-order chi connectivity index (χ1) is 9.13. The molecule has 118 valence electrons. The molecule has 0 fully saturated rings. The minimum absolute atomic E-state index is 0.0134. The highest BCUT2D eigenvalue weighted by Crippen LogP contribution is 2.02. The molecule has 0 aliphatic rings. The highest BCUT2D eigenvalue weighted by Gasteiger charge is 2.29. The number of hydrogen-bond donors (Lipinski definition) is 2. The lowest BCUT2D eigenvalue weighted by Gasteiger charge is -2.05. The van der Waals surface area contributed by atoms with Gasteiger partial charge in [-0.3, -0.25) is 0 Å². The number of nitrogens with two attached hydrogens (primary N) is 2. The van der Waals surface area contributed by atoms with Crippen LogP contribution in [0.5, 0.6) is 0 Å². The molecular formula is C8H16N2O8S2. The second kappa shape index (κ2) is 8.14. The molecule has 4 N–H and O–H groups in total. The lowest BCUT2D eigenvalue weighted by atomic mass is 10.5. The monoisotopic (exact) mass is 332 g/mol. The Morgan fingerprint density at radius 2 is 1.05 bits per heavy atom.